The fourth-order valence-corrected chi connectivity index (χ4v) is 3.31. The molecule has 0 aromatic heterocycles. The van der Waals surface area contributed by atoms with E-state index in [1.54, 1.807) is 4.90 Å². The Morgan fingerprint density at radius 1 is 1.21 bits per heavy atom. The van der Waals surface area contributed by atoms with Crippen LogP contribution in [0.2, 0.25) is 5.02 Å². The molecule has 0 bridgehead atoms. The zero-order valence-electron chi connectivity index (χ0n) is 13.7. The predicted molar refractivity (Wildman–Crippen MR) is 94.8 cm³/mol. The Balaban J connectivity index is 1.91. The molecule has 1 unspecified atom stereocenters. The summed E-state index contributed by atoms with van der Waals surface area (Å²) in [5.41, 5.74) is 1.51. The van der Waals surface area contributed by atoms with Crippen LogP contribution in [0.4, 0.5) is 14.9 Å². The third kappa shape index (κ3) is 3.24. The number of halogens is 2. The van der Waals surface area contributed by atoms with E-state index >= 15 is 0 Å². The van der Waals surface area contributed by atoms with Crippen LogP contribution < -0.4 is 4.90 Å². The Kier molecular flexibility index (Phi) is 4.76. The summed E-state index contributed by atoms with van der Waals surface area (Å²) in [5.74, 6) is -0.111. The van der Waals surface area contributed by atoms with Crippen molar-refractivity contribution in [3.05, 3.63) is 64.9 Å². The van der Waals surface area contributed by atoms with Crippen molar-refractivity contribution in [2.45, 2.75) is 26.4 Å². The highest BCUT2D eigenvalue weighted by atomic mass is 35.5. The molecule has 1 heterocycles. The number of anilines is 1. The van der Waals surface area contributed by atoms with Gasteiger partial charge >= 0.3 is 6.03 Å². The van der Waals surface area contributed by atoms with Crippen LogP contribution in [-0.4, -0.2) is 23.5 Å². The molecule has 0 aliphatic carbocycles. The van der Waals surface area contributed by atoms with E-state index in [2.05, 4.69) is 13.8 Å². The van der Waals surface area contributed by atoms with Gasteiger partial charge in [0.25, 0.3) is 0 Å². The summed E-state index contributed by atoms with van der Waals surface area (Å²) in [6, 6.07) is 13.9. The van der Waals surface area contributed by atoms with Crippen molar-refractivity contribution in [2.75, 3.05) is 11.4 Å². The summed E-state index contributed by atoms with van der Waals surface area (Å²) in [6.45, 7) is 5.22. The van der Waals surface area contributed by atoms with Gasteiger partial charge in [0.2, 0.25) is 0 Å². The lowest BCUT2D eigenvalue weighted by Crippen LogP contribution is -2.37. The number of urea groups is 1. The Labute approximate surface area is 146 Å². The molecule has 0 radical (unpaired) electrons. The minimum Gasteiger partial charge on any atom is -0.315 e. The zero-order chi connectivity index (χ0) is 17.3. The maximum atomic E-state index is 13.6. The number of benzene rings is 2. The molecule has 3 nitrogen and oxygen atoms in total. The van der Waals surface area contributed by atoms with Crippen molar-refractivity contribution < 1.29 is 9.18 Å². The third-order valence-corrected chi connectivity index (χ3v) is 4.73. The lowest BCUT2D eigenvalue weighted by molar-refractivity contribution is 0.187. The standard InChI is InChI=1S/C19H20ClFN2O/c1-13(2)18-12-23(17-10-15(21)8-9-16(17)20)19(24)22(18)11-14-6-4-3-5-7-14/h3-10,13,18H,11-12H2,1-2H3. The van der Waals surface area contributed by atoms with Gasteiger partial charge in [0.05, 0.1) is 16.8 Å². The molecular weight excluding hydrogens is 327 g/mol. The Morgan fingerprint density at radius 2 is 1.92 bits per heavy atom. The van der Waals surface area contributed by atoms with E-state index in [1.807, 2.05) is 35.2 Å². The molecule has 24 heavy (non-hydrogen) atoms. The summed E-state index contributed by atoms with van der Waals surface area (Å²) < 4.78 is 13.6. The second-order valence-electron chi connectivity index (χ2n) is 6.41. The van der Waals surface area contributed by atoms with Crippen molar-refractivity contribution in [2.24, 2.45) is 5.92 Å². The molecule has 0 spiro atoms. The monoisotopic (exact) mass is 346 g/mol. The van der Waals surface area contributed by atoms with Crippen LogP contribution in [-0.2, 0) is 6.54 Å². The number of amides is 2. The third-order valence-electron chi connectivity index (χ3n) is 4.41. The van der Waals surface area contributed by atoms with Gasteiger partial charge in [0.1, 0.15) is 5.82 Å². The number of nitrogens with zero attached hydrogens (tertiary/aromatic N) is 2. The fourth-order valence-electron chi connectivity index (χ4n) is 3.09. The fraction of sp³-hybridized carbons (Fsp3) is 0.316. The van der Waals surface area contributed by atoms with Gasteiger partial charge in [0, 0.05) is 13.1 Å². The molecule has 0 N–H and O–H groups in total. The highest BCUT2D eigenvalue weighted by molar-refractivity contribution is 6.33. The minimum atomic E-state index is -0.398. The highest BCUT2D eigenvalue weighted by Crippen LogP contribution is 2.33. The summed E-state index contributed by atoms with van der Waals surface area (Å²) in [4.78, 5) is 16.4. The molecule has 1 fully saturated rings. The summed E-state index contributed by atoms with van der Waals surface area (Å²) in [5, 5.41) is 0.383. The van der Waals surface area contributed by atoms with Crippen molar-refractivity contribution in [1.82, 2.24) is 4.90 Å². The van der Waals surface area contributed by atoms with E-state index < -0.39 is 5.82 Å². The highest BCUT2D eigenvalue weighted by Gasteiger charge is 2.40. The molecule has 5 heteroatoms. The van der Waals surface area contributed by atoms with E-state index in [9.17, 15) is 9.18 Å². The summed E-state index contributed by atoms with van der Waals surface area (Å²) >= 11 is 6.20. The molecule has 0 saturated carbocycles. The maximum absolute atomic E-state index is 13.6. The average molecular weight is 347 g/mol. The molecule has 1 atom stereocenters. The SMILES string of the molecule is CC(C)C1CN(c2cc(F)ccc2Cl)C(=O)N1Cc1ccccc1. The predicted octanol–water partition coefficient (Wildman–Crippen LogP) is 4.95. The molecular formula is C19H20ClFN2O. The largest absolute Gasteiger partial charge is 0.325 e. The van der Waals surface area contributed by atoms with Crippen LogP contribution in [0, 0.1) is 11.7 Å². The van der Waals surface area contributed by atoms with Gasteiger partial charge in [-0.2, -0.15) is 0 Å². The summed E-state index contributed by atoms with van der Waals surface area (Å²) in [7, 11) is 0. The van der Waals surface area contributed by atoms with Gasteiger partial charge in [0.15, 0.2) is 0 Å². The van der Waals surface area contributed by atoms with Crippen LogP contribution in [0.15, 0.2) is 48.5 Å². The Hall–Kier alpha value is -2.07. The molecule has 2 aromatic rings. The van der Waals surface area contributed by atoms with Crippen molar-refractivity contribution >= 4 is 23.3 Å². The van der Waals surface area contributed by atoms with Gasteiger partial charge in [-0.1, -0.05) is 55.8 Å². The lowest BCUT2D eigenvalue weighted by Gasteiger charge is -2.26. The first-order valence-corrected chi connectivity index (χ1v) is 8.42. The quantitative estimate of drug-likeness (QED) is 0.768. The second-order valence-corrected chi connectivity index (χ2v) is 6.82. The number of carbonyl (C=O) groups is 1. The van der Waals surface area contributed by atoms with E-state index in [1.165, 1.54) is 18.2 Å². The number of carbonyl (C=O) groups excluding carboxylic acids is 1. The first-order chi connectivity index (χ1) is 11.5. The maximum Gasteiger partial charge on any atom is 0.325 e. The molecule has 1 saturated heterocycles. The molecule has 1 aliphatic rings. The first-order valence-electron chi connectivity index (χ1n) is 8.04. The van der Waals surface area contributed by atoms with E-state index in [0.29, 0.717) is 23.8 Å². The van der Waals surface area contributed by atoms with Gasteiger partial charge in [-0.3, -0.25) is 4.90 Å². The van der Waals surface area contributed by atoms with Gasteiger partial charge in [-0.05, 0) is 29.7 Å². The Bertz CT molecular complexity index is 735. The van der Waals surface area contributed by atoms with Crippen LogP contribution >= 0.6 is 11.6 Å². The van der Waals surface area contributed by atoms with Crippen LogP contribution in [0.5, 0.6) is 0 Å². The van der Waals surface area contributed by atoms with E-state index in [4.69, 9.17) is 11.6 Å². The topological polar surface area (TPSA) is 23.6 Å². The number of hydrogen-bond donors (Lipinski definition) is 0. The van der Waals surface area contributed by atoms with Crippen LogP contribution in [0.25, 0.3) is 0 Å². The van der Waals surface area contributed by atoms with Gasteiger partial charge < -0.3 is 4.90 Å². The minimum absolute atomic E-state index is 0.0528. The molecule has 2 aromatic carbocycles. The Morgan fingerprint density at radius 3 is 2.58 bits per heavy atom. The molecule has 1 aliphatic heterocycles. The molecule has 126 valence electrons. The van der Waals surface area contributed by atoms with Crippen LogP contribution in [0.1, 0.15) is 19.4 Å². The van der Waals surface area contributed by atoms with Crippen molar-refractivity contribution in [1.29, 1.82) is 0 Å². The normalized spacial score (nSPS) is 17.9. The summed E-state index contributed by atoms with van der Waals surface area (Å²) in [6.07, 6.45) is 0. The molecule has 3 rings (SSSR count). The van der Waals surface area contributed by atoms with Crippen LogP contribution in [0.3, 0.4) is 0 Å². The van der Waals surface area contributed by atoms with Crippen molar-refractivity contribution in [3.8, 4) is 0 Å². The lowest BCUT2D eigenvalue weighted by atomic mass is 10.0. The average Bonchev–Trinajstić information content (AvgIpc) is 2.88. The molecule has 2 amide bonds. The smallest absolute Gasteiger partial charge is 0.315 e. The van der Waals surface area contributed by atoms with Gasteiger partial charge in [-0.15, -0.1) is 0 Å². The van der Waals surface area contributed by atoms with Gasteiger partial charge in [-0.25, -0.2) is 9.18 Å². The van der Waals surface area contributed by atoms with E-state index in [0.717, 1.165) is 5.56 Å². The second kappa shape index (κ2) is 6.81. The zero-order valence-corrected chi connectivity index (χ0v) is 14.5. The number of hydrogen-bond acceptors (Lipinski definition) is 1. The number of rotatable bonds is 4. The van der Waals surface area contributed by atoms with Crippen molar-refractivity contribution in [3.63, 3.8) is 0 Å². The first kappa shape index (κ1) is 16.8. The van der Waals surface area contributed by atoms with E-state index in [-0.39, 0.29) is 18.0 Å².